The maximum absolute atomic E-state index is 13.4. The van der Waals surface area contributed by atoms with Crippen molar-refractivity contribution in [2.45, 2.75) is 25.7 Å². The first kappa shape index (κ1) is 26.0. The molecule has 10 heteroatoms. The van der Waals surface area contributed by atoms with E-state index in [-0.39, 0.29) is 5.76 Å². The fraction of sp³-hybridized carbons (Fsp3) is 0.320. The Morgan fingerprint density at radius 3 is 2.26 bits per heavy atom. The van der Waals surface area contributed by atoms with E-state index in [1.807, 2.05) is 24.3 Å². The minimum atomic E-state index is -1.48. The third-order valence-electron chi connectivity index (χ3n) is 5.46. The van der Waals surface area contributed by atoms with E-state index in [0.717, 1.165) is 6.07 Å². The van der Waals surface area contributed by atoms with Gasteiger partial charge in [-0.15, -0.1) is 0 Å². The first-order valence-electron chi connectivity index (χ1n) is 11.2. The largest absolute Gasteiger partial charge is 0.491 e. The number of nitrogens with zero attached hydrogens (tertiary/aromatic N) is 1. The van der Waals surface area contributed by atoms with E-state index in [0.29, 0.717) is 30.2 Å². The lowest BCUT2D eigenvalue weighted by Gasteiger charge is -2.27. The number of amides is 2. The van der Waals surface area contributed by atoms with E-state index >= 15 is 0 Å². The summed E-state index contributed by atoms with van der Waals surface area (Å²) < 4.78 is 15.5. The maximum Gasteiger partial charge on any atom is 0.293 e. The van der Waals surface area contributed by atoms with Crippen molar-refractivity contribution in [3.63, 3.8) is 0 Å². The number of hydrogen-bond donors (Lipinski definition) is 2. The van der Waals surface area contributed by atoms with Crippen LogP contribution >= 0.6 is 0 Å². The first-order chi connectivity index (χ1) is 16.6. The molecule has 0 aliphatic heterocycles. The number of methoxy groups -OCH3 is 1. The highest BCUT2D eigenvalue weighted by Crippen LogP contribution is 2.25. The molecular formula is C25H31N3O6Si. The Labute approximate surface area is 205 Å². The Balaban J connectivity index is 1.87. The molecule has 1 aromatic heterocycles. The van der Waals surface area contributed by atoms with Gasteiger partial charge in [0.15, 0.2) is 0 Å². The zero-order chi connectivity index (χ0) is 25.6. The maximum atomic E-state index is 13.4. The van der Waals surface area contributed by atoms with Gasteiger partial charge in [-0.05, 0) is 29.8 Å². The van der Waals surface area contributed by atoms with Crippen molar-refractivity contribution in [1.82, 2.24) is 10.1 Å². The number of carbonyl (C=O) groups excluding carboxylic acids is 2. The van der Waals surface area contributed by atoms with Gasteiger partial charge in [-0.2, -0.15) is 5.16 Å². The van der Waals surface area contributed by atoms with Crippen LogP contribution in [0.4, 0.5) is 5.69 Å². The van der Waals surface area contributed by atoms with Crippen LogP contribution in [0.25, 0.3) is 0 Å². The van der Waals surface area contributed by atoms with E-state index < -0.39 is 31.5 Å². The molecule has 186 valence electrons. The molecule has 35 heavy (non-hydrogen) atoms. The third kappa shape index (κ3) is 6.71. The minimum Gasteiger partial charge on any atom is -0.491 e. The van der Waals surface area contributed by atoms with Crippen molar-refractivity contribution in [3.8, 4) is 5.75 Å². The molecule has 9 nitrogen and oxygen atoms in total. The highest BCUT2D eigenvalue weighted by molar-refractivity contribution is 6.88. The van der Waals surface area contributed by atoms with Gasteiger partial charge in [0.05, 0.1) is 20.7 Å². The molecule has 1 atom stereocenters. The second kappa shape index (κ2) is 11.2. The average Bonchev–Trinajstić information content (AvgIpc) is 3.26. The van der Waals surface area contributed by atoms with Crippen molar-refractivity contribution in [2.24, 2.45) is 0 Å². The number of carbonyl (C=O) groups is 2. The molecule has 0 saturated carbocycles. The molecule has 0 radical (unpaired) electrons. The molecule has 2 aromatic carbocycles. The summed E-state index contributed by atoms with van der Waals surface area (Å²) in [5.41, 5.74) is 0.646. The molecule has 2 amide bonds. The van der Waals surface area contributed by atoms with E-state index in [9.17, 15) is 14.4 Å². The summed E-state index contributed by atoms with van der Waals surface area (Å²) in [5.74, 6) is -0.600. The first-order valence-corrected chi connectivity index (χ1v) is 14.7. The van der Waals surface area contributed by atoms with Gasteiger partial charge in [0.2, 0.25) is 5.76 Å². The molecule has 0 saturated heterocycles. The fourth-order valence-corrected chi connectivity index (χ4v) is 4.65. The molecule has 3 aromatic rings. The van der Waals surface area contributed by atoms with Gasteiger partial charge in [0, 0.05) is 19.8 Å². The monoisotopic (exact) mass is 497 g/mol. The molecule has 1 heterocycles. The van der Waals surface area contributed by atoms with Crippen LogP contribution in [0.3, 0.4) is 0 Å². The number of aromatic nitrogens is 1. The van der Waals surface area contributed by atoms with Gasteiger partial charge in [0.25, 0.3) is 17.4 Å². The summed E-state index contributed by atoms with van der Waals surface area (Å²) in [5, 5.41) is 6.27. The second-order valence-electron chi connectivity index (χ2n) is 9.12. The lowest BCUT2D eigenvalue weighted by molar-refractivity contribution is -0.120. The van der Waals surface area contributed by atoms with Crippen LogP contribution in [0.2, 0.25) is 19.6 Å². The molecule has 0 bridgehead atoms. The summed E-state index contributed by atoms with van der Waals surface area (Å²) in [6, 6.07) is 14.7. The van der Waals surface area contributed by atoms with Crippen molar-refractivity contribution in [2.75, 3.05) is 32.7 Å². The summed E-state index contributed by atoms with van der Waals surface area (Å²) in [6.07, 6.45) is 0. The molecule has 0 aliphatic rings. The van der Waals surface area contributed by atoms with Crippen LogP contribution in [0.1, 0.15) is 22.2 Å². The quantitative estimate of drug-likeness (QED) is 0.329. The number of anilines is 1. The predicted octanol–water partition coefficient (Wildman–Crippen LogP) is 2.99. The van der Waals surface area contributed by atoms with Crippen molar-refractivity contribution < 1.29 is 23.6 Å². The Morgan fingerprint density at radius 2 is 1.71 bits per heavy atom. The number of aromatic amines is 1. The van der Waals surface area contributed by atoms with Crippen LogP contribution in [-0.4, -0.2) is 57.3 Å². The molecule has 0 spiro atoms. The Kier molecular flexibility index (Phi) is 8.31. The third-order valence-corrected chi connectivity index (χ3v) is 7.53. The Morgan fingerprint density at radius 1 is 1.06 bits per heavy atom. The Hall–Kier alpha value is -3.63. The lowest BCUT2D eigenvalue weighted by Crippen LogP contribution is -2.39. The van der Waals surface area contributed by atoms with Crippen molar-refractivity contribution >= 4 is 30.8 Å². The van der Waals surface area contributed by atoms with Gasteiger partial charge in [-0.1, -0.05) is 49.1 Å². The smallest absolute Gasteiger partial charge is 0.293 e. The fourth-order valence-electron chi connectivity index (χ4n) is 3.48. The molecule has 0 fully saturated rings. The van der Waals surface area contributed by atoms with Gasteiger partial charge < -0.3 is 24.2 Å². The van der Waals surface area contributed by atoms with Crippen LogP contribution < -0.4 is 20.8 Å². The number of hydrogen-bond acceptors (Lipinski definition) is 6. The van der Waals surface area contributed by atoms with Gasteiger partial charge in [0.1, 0.15) is 18.4 Å². The molecule has 2 N–H and O–H groups in total. The van der Waals surface area contributed by atoms with Gasteiger partial charge >= 0.3 is 0 Å². The summed E-state index contributed by atoms with van der Waals surface area (Å²) in [4.78, 5) is 39.1. The van der Waals surface area contributed by atoms with Crippen LogP contribution in [-0.2, 0) is 9.53 Å². The summed E-state index contributed by atoms with van der Waals surface area (Å²) in [6.45, 7) is 7.58. The SMILES string of the molecule is COCCOc1ccc(C(C(=O)Nc2ccc([Si](C)(C)C)cc2)N(C)C(=O)c2cc(=O)[nH]o2)cc1. The highest BCUT2D eigenvalue weighted by Gasteiger charge is 2.31. The minimum absolute atomic E-state index is 0.186. The molecular weight excluding hydrogens is 466 g/mol. The average molecular weight is 498 g/mol. The van der Waals surface area contributed by atoms with Gasteiger partial charge in [-0.3, -0.25) is 14.4 Å². The standard InChI is InChI=1S/C25H31N3O6Si/c1-28(25(31)21-16-22(29)27-34-21)23(17-6-10-19(11-7-17)33-15-14-32-2)24(30)26-18-8-12-20(13-9-18)35(3,4)5/h6-13,16,23H,14-15H2,1-5H3,(H,26,30)(H,27,29). The van der Waals surface area contributed by atoms with E-state index in [2.05, 4.69) is 30.1 Å². The zero-order valence-corrected chi connectivity index (χ0v) is 21.6. The normalized spacial score (nSPS) is 12.1. The second-order valence-corrected chi connectivity index (χ2v) is 14.2. The summed E-state index contributed by atoms with van der Waals surface area (Å²) in [7, 11) is 1.59. The van der Waals surface area contributed by atoms with E-state index in [1.165, 1.54) is 17.1 Å². The molecule has 3 rings (SSSR count). The van der Waals surface area contributed by atoms with E-state index in [1.54, 1.807) is 31.4 Å². The number of rotatable bonds is 10. The van der Waals surface area contributed by atoms with Crippen molar-refractivity contribution in [1.29, 1.82) is 0 Å². The number of nitrogens with one attached hydrogen (secondary N) is 2. The topological polar surface area (TPSA) is 114 Å². The van der Waals surface area contributed by atoms with Crippen LogP contribution in [0.15, 0.2) is 63.9 Å². The van der Waals surface area contributed by atoms with E-state index in [4.69, 9.17) is 14.0 Å². The van der Waals surface area contributed by atoms with Crippen LogP contribution in [0, 0.1) is 0 Å². The predicted molar refractivity (Wildman–Crippen MR) is 136 cm³/mol. The molecule has 1 unspecified atom stereocenters. The number of likely N-dealkylation sites (N-methyl/N-ethyl adjacent to an activating group) is 1. The highest BCUT2D eigenvalue weighted by atomic mass is 28.3. The lowest BCUT2D eigenvalue weighted by atomic mass is 10.0. The zero-order valence-electron chi connectivity index (χ0n) is 20.6. The molecule has 0 aliphatic carbocycles. The number of H-pyrrole nitrogens is 1. The van der Waals surface area contributed by atoms with Gasteiger partial charge in [-0.25, -0.2) is 0 Å². The number of ether oxygens (including phenoxy) is 2. The Bertz CT molecular complexity index is 1200. The van der Waals surface area contributed by atoms with Crippen LogP contribution in [0.5, 0.6) is 5.75 Å². The summed E-state index contributed by atoms with van der Waals surface area (Å²) >= 11 is 0. The van der Waals surface area contributed by atoms with Crippen molar-refractivity contribution in [3.05, 3.63) is 76.3 Å². The number of benzene rings is 2.